The summed E-state index contributed by atoms with van der Waals surface area (Å²) in [6.07, 6.45) is -3.61. The maximum absolute atomic E-state index is 9.77. The van der Waals surface area contributed by atoms with Gasteiger partial charge in [-0.15, -0.1) is 0 Å². The van der Waals surface area contributed by atoms with E-state index in [9.17, 15) is 9.59 Å². The van der Waals surface area contributed by atoms with Gasteiger partial charge in [0.25, 0.3) is 0 Å². The zero-order chi connectivity index (χ0) is 18.3. The standard InChI is InChI=1S/C11H19NO.C4H6O6/c1-5-10(12)11-6-9(7(2)3)8(4)13-11;5-1(3(7)8)2(6)4(9)10/h6-7,10H,5,12H2,1-4H3;1-2,5-6H,(H,7,8)(H,9,10)/t10-;1-,2-/m10/s1. The molecule has 8 heteroatoms. The zero-order valence-corrected chi connectivity index (χ0v) is 13.7. The fraction of sp³-hybridized carbons (Fsp3) is 0.600. The van der Waals surface area contributed by atoms with Crippen LogP contribution in [-0.2, 0) is 9.59 Å². The molecule has 1 heterocycles. The van der Waals surface area contributed by atoms with Crippen LogP contribution in [0.1, 0.15) is 56.2 Å². The molecule has 1 rings (SSSR count). The van der Waals surface area contributed by atoms with Crippen LogP contribution in [0.3, 0.4) is 0 Å². The Morgan fingerprint density at radius 3 is 1.87 bits per heavy atom. The molecule has 0 spiro atoms. The third kappa shape index (κ3) is 6.39. The number of nitrogens with two attached hydrogens (primary N) is 1. The lowest BCUT2D eigenvalue weighted by Gasteiger charge is -2.07. The summed E-state index contributed by atoms with van der Waals surface area (Å²) in [4.78, 5) is 19.5. The van der Waals surface area contributed by atoms with Crippen LogP contribution < -0.4 is 5.73 Å². The number of aliphatic hydroxyl groups is 2. The van der Waals surface area contributed by atoms with Crippen LogP contribution in [0.25, 0.3) is 0 Å². The Bertz CT molecular complexity index is 506. The van der Waals surface area contributed by atoms with Crippen LogP contribution in [0.5, 0.6) is 0 Å². The van der Waals surface area contributed by atoms with Gasteiger partial charge in [0, 0.05) is 0 Å². The molecule has 0 saturated heterocycles. The fourth-order valence-electron chi connectivity index (χ4n) is 1.75. The number of aryl methyl sites for hydroxylation is 1. The SMILES string of the molecule is CC[C@@H](N)c1cc(C(C)C)c(C)o1.O=C(O)[C@@H](O)[C@H](O)C(=O)O. The highest BCUT2D eigenvalue weighted by Gasteiger charge is 2.29. The van der Waals surface area contributed by atoms with E-state index >= 15 is 0 Å². The Morgan fingerprint density at radius 2 is 1.61 bits per heavy atom. The molecule has 0 aromatic carbocycles. The summed E-state index contributed by atoms with van der Waals surface area (Å²) < 4.78 is 5.60. The second-order valence-electron chi connectivity index (χ2n) is 5.40. The Kier molecular flexibility index (Phi) is 8.52. The van der Waals surface area contributed by atoms with E-state index in [1.165, 1.54) is 5.56 Å². The van der Waals surface area contributed by atoms with E-state index in [1.807, 2.05) is 6.92 Å². The van der Waals surface area contributed by atoms with Gasteiger partial charge >= 0.3 is 11.9 Å². The number of carbonyl (C=O) groups is 2. The smallest absolute Gasteiger partial charge is 0.335 e. The summed E-state index contributed by atoms with van der Waals surface area (Å²) in [5.41, 5.74) is 7.16. The van der Waals surface area contributed by atoms with Gasteiger partial charge in [0.2, 0.25) is 0 Å². The van der Waals surface area contributed by atoms with E-state index in [0.29, 0.717) is 5.92 Å². The molecule has 0 saturated carbocycles. The molecule has 8 nitrogen and oxygen atoms in total. The highest BCUT2D eigenvalue weighted by atomic mass is 16.4. The summed E-state index contributed by atoms with van der Waals surface area (Å²) in [7, 11) is 0. The predicted molar refractivity (Wildman–Crippen MR) is 82.0 cm³/mol. The van der Waals surface area contributed by atoms with E-state index in [2.05, 4.69) is 26.8 Å². The normalized spacial score (nSPS) is 14.6. The van der Waals surface area contributed by atoms with Crippen molar-refractivity contribution in [2.45, 2.75) is 58.3 Å². The molecule has 0 radical (unpaired) electrons. The highest BCUT2D eigenvalue weighted by Crippen LogP contribution is 2.26. The van der Waals surface area contributed by atoms with Gasteiger partial charge in [0.1, 0.15) is 11.5 Å². The lowest BCUT2D eigenvalue weighted by molar-refractivity contribution is -0.165. The lowest BCUT2D eigenvalue weighted by atomic mass is 10.0. The summed E-state index contributed by atoms with van der Waals surface area (Å²) in [6.45, 7) is 8.40. The van der Waals surface area contributed by atoms with E-state index < -0.39 is 24.1 Å². The first-order valence-corrected chi connectivity index (χ1v) is 7.20. The van der Waals surface area contributed by atoms with Gasteiger partial charge in [-0.3, -0.25) is 0 Å². The number of hydrogen-bond donors (Lipinski definition) is 5. The van der Waals surface area contributed by atoms with Crippen LogP contribution in [0.4, 0.5) is 0 Å². The molecule has 0 bridgehead atoms. The lowest BCUT2D eigenvalue weighted by Crippen LogP contribution is -2.39. The maximum Gasteiger partial charge on any atom is 0.335 e. The fourth-order valence-corrected chi connectivity index (χ4v) is 1.75. The van der Waals surface area contributed by atoms with Crippen LogP contribution in [0.15, 0.2) is 10.5 Å². The maximum atomic E-state index is 9.77. The number of furan rings is 1. The third-order valence-corrected chi connectivity index (χ3v) is 3.21. The van der Waals surface area contributed by atoms with Gasteiger partial charge in [-0.25, -0.2) is 9.59 Å². The van der Waals surface area contributed by atoms with Gasteiger partial charge in [0.05, 0.1) is 6.04 Å². The number of aliphatic carboxylic acids is 2. The van der Waals surface area contributed by atoms with Crippen molar-refractivity contribution < 1.29 is 34.4 Å². The highest BCUT2D eigenvalue weighted by molar-refractivity contribution is 5.83. The molecule has 0 fully saturated rings. The second-order valence-corrected chi connectivity index (χ2v) is 5.40. The molecule has 3 atom stereocenters. The minimum absolute atomic E-state index is 0.0474. The molecule has 1 aromatic rings. The molecule has 1 aromatic heterocycles. The quantitative estimate of drug-likeness (QED) is 0.517. The number of carboxylic acid groups (broad SMARTS) is 2. The van der Waals surface area contributed by atoms with Gasteiger partial charge in [0.15, 0.2) is 12.2 Å². The first-order chi connectivity index (χ1) is 10.5. The average Bonchev–Trinajstić information content (AvgIpc) is 2.87. The average molecular weight is 331 g/mol. The zero-order valence-electron chi connectivity index (χ0n) is 13.7. The Labute approximate surface area is 134 Å². The van der Waals surface area contributed by atoms with Crippen molar-refractivity contribution in [3.8, 4) is 0 Å². The van der Waals surface area contributed by atoms with Crippen molar-refractivity contribution in [1.29, 1.82) is 0 Å². The number of hydrogen-bond acceptors (Lipinski definition) is 6. The summed E-state index contributed by atoms with van der Waals surface area (Å²) in [6, 6.07) is 2.14. The monoisotopic (exact) mass is 331 g/mol. The molecule has 0 aliphatic rings. The van der Waals surface area contributed by atoms with Crippen LogP contribution >= 0.6 is 0 Å². The molecule has 0 aliphatic carbocycles. The van der Waals surface area contributed by atoms with Crippen LogP contribution in [0.2, 0.25) is 0 Å². The molecule has 0 amide bonds. The van der Waals surface area contributed by atoms with Gasteiger partial charge in [-0.2, -0.15) is 0 Å². The minimum atomic E-state index is -2.27. The van der Waals surface area contributed by atoms with Crippen molar-refractivity contribution >= 4 is 11.9 Å². The topological polar surface area (TPSA) is 154 Å². The molecule has 0 aliphatic heterocycles. The molecule has 23 heavy (non-hydrogen) atoms. The Balaban J connectivity index is 0.000000438. The molecular formula is C15H25NO7. The van der Waals surface area contributed by atoms with Crippen molar-refractivity contribution in [2.75, 3.05) is 0 Å². The van der Waals surface area contributed by atoms with E-state index in [0.717, 1.165) is 17.9 Å². The Morgan fingerprint density at radius 1 is 1.17 bits per heavy atom. The van der Waals surface area contributed by atoms with Crippen molar-refractivity contribution in [1.82, 2.24) is 0 Å². The van der Waals surface area contributed by atoms with Crippen molar-refractivity contribution in [2.24, 2.45) is 5.73 Å². The van der Waals surface area contributed by atoms with Crippen molar-refractivity contribution in [3.63, 3.8) is 0 Å². The summed E-state index contributed by atoms with van der Waals surface area (Å²) >= 11 is 0. The largest absolute Gasteiger partial charge is 0.479 e. The molecule has 132 valence electrons. The van der Waals surface area contributed by atoms with Gasteiger partial charge in [-0.1, -0.05) is 20.8 Å². The Hall–Kier alpha value is -1.90. The van der Waals surface area contributed by atoms with E-state index in [-0.39, 0.29) is 6.04 Å². The molecule has 0 unspecified atom stereocenters. The predicted octanol–water partition coefficient (Wildman–Crippen LogP) is 0.999. The first-order valence-electron chi connectivity index (χ1n) is 7.20. The molecule has 6 N–H and O–H groups in total. The first kappa shape index (κ1) is 21.1. The minimum Gasteiger partial charge on any atom is -0.479 e. The van der Waals surface area contributed by atoms with Crippen molar-refractivity contribution in [3.05, 3.63) is 23.2 Å². The number of carboxylic acids is 2. The second kappa shape index (κ2) is 9.29. The van der Waals surface area contributed by atoms with Crippen LogP contribution in [-0.4, -0.2) is 44.6 Å². The summed E-state index contributed by atoms with van der Waals surface area (Å²) in [5, 5.41) is 32.5. The van der Waals surface area contributed by atoms with Crippen LogP contribution in [0, 0.1) is 6.92 Å². The van der Waals surface area contributed by atoms with E-state index in [1.54, 1.807) is 0 Å². The molecular weight excluding hydrogens is 306 g/mol. The number of aliphatic hydroxyl groups excluding tert-OH is 2. The number of rotatable bonds is 6. The summed E-state index contributed by atoms with van der Waals surface area (Å²) in [5.74, 6) is -1.09. The van der Waals surface area contributed by atoms with Gasteiger partial charge in [-0.05, 0) is 30.9 Å². The third-order valence-electron chi connectivity index (χ3n) is 3.21. The van der Waals surface area contributed by atoms with Gasteiger partial charge < -0.3 is 30.6 Å². The van der Waals surface area contributed by atoms with E-state index in [4.69, 9.17) is 30.6 Å².